The van der Waals surface area contributed by atoms with Gasteiger partial charge in [0.15, 0.2) is 0 Å². The van der Waals surface area contributed by atoms with Gasteiger partial charge in [-0.1, -0.05) is 24.3 Å². The zero-order valence-corrected chi connectivity index (χ0v) is 9.45. The van der Waals surface area contributed by atoms with Gasteiger partial charge in [0, 0.05) is 10.6 Å². The van der Waals surface area contributed by atoms with Crippen LogP contribution in [0.1, 0.15) is 5.56 Å². The lowest BCUT2D eigenvalue weighted by Crippen LogP contribution is -1.80. The average Bonchev–Trinajstić information content (AvgIpc) is 2.30. The third-order valence-electron chi connectivity index (χ3n) is 2.20. The largest absolute Gasteiger partial charge is 0.508 e. The predicted octanol–water partition coefficient (Wildman–Crippen LogP) is 3.39. The number of benzene rings is 2. The highest BCUT2D eigenvalue weighted by Crippen LogP contribution is 2.30. The first kappa shape index (κ1) is 10.9. The summed E-state index contributed by atoms with van der Waals surface area (Å²) in [6, 6.07) is 14.4. The number of phenolic OH excluding ortho intramolecular Hbond substituents is 2. The molecule has 3 heteroatoms. The van der Waals surface area contributed by atoms with Crippen molar-refractivity contribution in [2.75, 3.05) is 0 Å². The second-order valence-electron chi connectivity index (χ2n) is 3.42. The standard InChI is InChI=1S/C13H12O2S/c14-11-7-5-10(6-8-11)9-16-13-4-2-1-3-12(13)15/h1-8,14-15H,9H2. The first-order valence-corrected chi connectivity index (χ1v) is 5.93. The molecule has 0 saturated heterocycles. The van der Waals surface area contributed by atoms with E-state index in [1.165, 1.54) is 0 Å². The third kappa shape index (κ3) is 2.70. The molecule has 16 heavy (non-hydrogen) atoms. The van der Waals surface area contributed by atoms with Crippen LogP contribution in [0.4, 0.5) is 0 Å². The first-order chi connectivity index (χ1) is 7.75. The van der Waals surface area contributed by atoms with Crippen LogP contribution in [0.25, 0.3) is 0 Å². The summed E-state index contributed by atoms with van der Waals surface area (Å²) in [5.41, 5.74) is 1.12. The van der Waals surface area contributed by atoms with Crippen molar-refractivity contribution in [2.45, 2.75) is 10.6 Å². The lowest BCUT2D eigenvalue weighted by atomic mass is 10.2. The second-order valence-corrected chi connectivity index (χ2v) is 4.44. The lowest BCUT2D eigenvalue weighted by molar-refractivity contribution is 0.462. The van der Waals surface area contributed by atoms with E-state index < -0.39 is 0 Å². The Kier molecular flexibility index (Phi) is 3.37. The summed E-state index contributed by atoms with van der Waals surface area (Å²) >= 11 is 1.57. The first-order valence-electron chi connectivity index (χ1n) is 4.94. The molecule has 2 aromatic carbocycles. The van der Waals surface area contributed by atoms with E-state index in [-0.39, 0.29) is 5.75 Å². The van der Waals surface area contributed by atoms with E-state index in [1.807, 2.05) is 24.3 Å². The van der Waals surface area contributed by atoms with Gasteiger partial charge < -0.3 is 10.2 Å². The minimum atomic E-state index is 0.274. The van der Waals surface area contributed by atoms with Crippen LogP contribution in [-0.2, 0) is 5.75 Å². The SMILES string of the molecule is Oc1ccc(CSc2ccccc2O)cc1. The van der Waals surface area contributed by atoms with Gasteiger partial charge in [0.25, 0.3) is 0 Å². The number of para-hydroxylation sites is 1. The molecule has 2 aromatic rings. The van der Waals surface area contributed by atoms with Crippen LogP contribution in [0.5, 0.6) is 11.5 Å². The molecule has 0 fully saturated rings. The summed E-state index contributed by atoms with van der Waals surface area (Å²) in [7, 11) is 0. The summed E-state index contributed by atoms with van der Waals surface area (Å²) < 4.78 is 0. The van der Waals surface area contributed by atoms with Gasteiger partial charge in [-0.05, 0) is 29.8 Å². The van der Waals surface area contributed by atoms with Crippen LogP contribution >= 0.6 is 11.8 Å². The van der Waals surface area contributed by atoms with Gasteiger partial charge >= 0.3 is 0 Å². The van der Waals surface area contributed by atoms with Crippen LogP contribution in [-0.4, -0.2) is 10.2 Å². The molecule has 2 nitrogen and oxygen atoms in total. The number of rotatable bonds is 3. The monoisotopic (exact) mass is 232 g/mol. The Labute approximate surface area is 98.6 Å². The number of thioether (sulfide) groups is 1. The molecule has 0 aliphatic rings. The molecule has 0 spiro atoms. The normalized spacial score (nSPS) is 10.2. The molecule has 0 radical (unpaired) electrons. The zero-order valence-electron chi connectivity index (χ0n) is 8.63. The maximum absolute atomic E-state index is 9.57. The molecule has 2 N–H and O–H groups in total. The Morgan fingerprint density at radius 2 is 1.56 bits per heavy atom. The van der Waals surface area contributed by atoms with E-state index in [0.717, 1.165) is 16.2 Å². The van der Waals surface area contributed by atoms with Gasteiger partial charge in [0.2, 0.25) is 0 Å². The minimum Gasteiger partial charge on any atom is -0.508 e. The van der Waals surface area contributed by atoms with Crippen LogP contribution < -0.4 is 0 Å². The van der Waals surface area contributed by atoms with Crippen LogP contribution in [0.3, 0.4) is 0 Å². The lowest BCUT2D eigenvalue weighted by Gasteiger charge is -2.04. The van der Waals surface area contributed by atoms with E-state index in [0.29, 0.717) is 5.75 Å². The van der Waals surface area contributed by atoms with E-state index in [9.17, 15) is 5.11 Å². The summed E-state index contributed by atoms with van der Waals surface area (Å²) in [6.45, 7) is 0. The topological polar surface area (TPSA) is 40.5 Å². The molecule has 0 bridgehead atoms. The van der Waals surface area contributed by atoms with Crippen LogP contribution in [0.2, 0.25) is 0 Å². The molecule has 0 aliphatic heterocycles. The molecular formula is C13H12O2S. The summed E-state index contributed by atoms with van der Waals surface area (Å²) in [4.78, 5) is 0.871. The Hall–Kier alpha value is -1.61. The fraction of sp³-hybridized carbons (Fsp3) is 0.0769. The molecule has 0 atom stereocenters. The Morgan fingerprint density at radius 3 is 2.25 bits per heavy atom. The second kappa shape index (κ2) is 4.94. The zero-order chi connectivity index (χ0) is 11.4. The van der Waals surface area contributed by atoms with Gasteiger partial charge in [-0.25, -0.2) is 0 Å². The van der Waals surface area contributed by atoms with E-state index >= 15 is 0 Å². The maximum atomic E-state index is 9.57. The minimum absolute atomic E-state index is 0.274. The van der Waals surface area contributed by atoms with Crippen molar-refractivity contribution in [1.29, 1.82) is 0 Å². The van der Waals surface area contributed by atoms with Crippen molar-refractivity contribution in [3.63, 3.8) is 0 Å². The number of hydrogen-bond donors (Lipinski definition) is 2. The van der Waals surface area contributed by atoms with Gasteiger partial charge in [0.1, 0.15) is 11.5 Å². The van der Waals surface area contributed by atoms with Crippen molar-refractivity contribution in [3.05, 3.63) is 54.1 Å². The predicted molar refractivity (Wildman–Crippen MR) is 65.8 cm³/mol. The van der Waals surface area contributed by atoms with Crippen LogP contribution in [0.15, 0.2) is 53.4 Å². The van der Waals surface area contributed by atoms with Crippen LogP contribution in [0, 0.1) is 0 Å². The summed E-state index contributed by atoms with van der Waals surface area (Å²) in [6.07, 6.45) is 0. The molecule has 0 aromatic heterocycles. The summed E-state index contributed by atoms with van der Waals surface area (Å²) in [5, 5.41) is 18.7. The maximum Gasteiger partial charge on any atom is 0.129 e. The molecular weight excluding hydrogens is 220 g/mol. The molecule has 0 heterocycles. The number of phenols is 2. The summed E-state index contributed by atoms with van der Waals surface area (Å²) in [5.74, 6) is 1.36. The molecule has 82 valence electrons. The molecule has 0 saturated carbocycles. The van der Waals surface area contributed by atoms with E-state index in [1.54, 1.807) is 36.0 Å². The molecule has 0 aliphatic carbocycles. The van der Waals surface area contributed by atoms with Gasteiger partial charge in [-0.3, -0.25) is 0 Å². The fourth-order valence-electron chi connectivity index (χ4n) is 1.33. The van der Waals surface area contributed by atoms with Crippen molar-refractivity contribution >= 4 is 11.8 Å². The van der Waals surface area contributed by atoms with Gasteiger partial charge in [-0.2, -0.15) is 0 Å². The smallest absolute Gasteiger partial charge is 0.129 e. The number of hydrogen-bond acceptors (Lipinski definition) is 3. The Morgan fingerprint density at radius 1 is 0.875 bits per heavy atom. The fourth-order valence-corrected chi connectivity index (χ4v) is 2.24. The average molecular weight is 232 g/mol. The Balaban J connectivity index is 2.02. The highest BCUT2D eigenvalue weighted by atomic mass is 32.2. The van der Waals surface area contributed by atoms with Crippen molar-refractivity contribution in [2.24, 2.45) is 0 Å². The molecule has 2 rings (SSSR count). The van der Waals surface area contributed by atoms with Crippen molar-refractivity contribution in [1.82, 2.24) is 0 Å². The molecule has 0 amide bonds. The van der Waals surface area contributed by atoms with E-state index in [2.05, 4.69) is 0 Å². The van der Waals surface area contributed by atoms with Gasteiger partial charge in [0.05, 0.1) is 0 Å². The number of aromatic hydroxyl groups is 2. The Bertz CT molecular complexity index is 466. The third-order valence-corrected chi connectivity index (χ3v) is 3.33. The highest BCUT2D eigenvalue weighted by Gasteiger charge is 2.00. The highest BCUT2D eigenvalue weighted by molar-refractivity contribution is 7.98. The van der Waals surface area contributed by atoms with E-state index in [4.69, 9.17) is 5.11 Å². The van der Waals surface area contributed by atoms with Gasteiger partial charge in [-0.15, -0.1) is 11.8 Å². The van der Waals surface area contributed by atoms with Crippen molar-refractivity contribution < 1.29 is 10.2 Å². The molecule has 0 unspecified atom stereocenters. The quantitative estimate of drug-likeness (QED) is 0.797. The van der Waals surface area contributed by atoms with Crippen molar-refractivity contribution in [3.8, 4) is 11.5 Å².